The fourth-order valence-corrected chi connectivity index (χ4v) is 2.33. The summed E-state index contributed by atoms with van der Waals surface area (Å²) < 4.78 is 11.8. The molecule has 1 amide bonds. The Morgan fingerprint density at radius 2 is 2.15 bits per heavy atom. The molecule has 3 rings (SSSR count). The number of amides is 1. The van der Waals surface area contributed by atoms with E-state index in [9.17, 15) is 9.59 Å². The Bertz CT molecular complexity index is 931. The van der Waals surface area contributed by atoms with E-state index in [0.29, 0.717) is 17.2 Å². The van der Waals surface area contributed by atoms with Gasteiger partial charge in [0.1, 0.15) is 18.0 Å². The maximum Gasteiger partial charge on any atom is 0.338 e. The van der Waals surface area contributed by atoms with Gasteiger partial charge in [0.05, 0.1) is 25.4 Å². The van der Waals surface area contributed by atoms with Gasteiger partial charge in [-0.2, -0.15) is 5.10 Å². The van der Waals surface area contributed by atoms with Crippen molar-refractivity contribution in [3.8, 4) is 17.0 Å². The molecule has 0 saturated heterocycles. The number of methoxy groups -OCH3 is 1. The van der Waals surface area contributed by atoms with E-state index in [1.807, 2.05) is 24.3 Å². The molecule has 0 saturated carbocycles. The van der Waals surface area contributed by atoms with E-state index in [1.165, 1.54) is 17.1 Å². The molecular weight excluding hydrogens is 340 g/mol. The molecule has 0 aliphatic heterocycles. The monoisotopic (exact) mass is 356 g/mol. The van der Waals surface area contributed by atoms with Crippen LogP contribution in [-0.2, 0) is 17.9 Å². The van der Waals surface area contributed by atoms with Gasteiger partial charge in [-0.15, -0.1) is 0 Å². The van der Waals surface area contributed by atoms with E-state index in [-0.39, 0.29) is 24.6 Å². The van der Waals surface area contributed by atoms with Crippen molar-refractivity contribution in [2.45, 2.75) is 13.1 Å². The van der Waals surface area contributed by atoms with Crippen molar-refractivity contribution >= 4 is 11.9 Å². The molecule has 9 nitrogen and oxygen atoms in total. The number of carboxylic acid groups (broad SMARTS) is 1. The second-order valence-corrected chi connectivity index (χ2v) is 5.39. The van der Waals surface area contributed by atoms with Crippen LogP contribution in [0.15, 0.2) is 47.2 Å². The number of rotatable bonds is 7. The number of hydrogen-bond donors (Lipinski definition) is 2. The summed E-state index contributed by atoms with van der Waals surface area (Å²) in [5.74, 6) is -0.280. The molecular formula is C17H16N4O5. The normalized spacial score (nSPS) is 10.5. The van der Waals surface area contributed by atoms with Crippen molar-refractivity contribution in [2.75, 3.05) is 7.11 Å². The minimum Gasteiger partial charge on any atom is -0.496 e. The first kappa shape index (κ1) is 17.2. The fraction of sp³-hybridized carbons (Fsp3) is 0.176. The van der Waals surface area contributed by atoms with Gasteiger partial charge >= 0.3 is 5.97 Å². The lowest BCUT2D eigenvalue weighted by Gasteiger charge is -2.04. The smallest absolute Gasteiger partial charge is 0.338 e. The zero-order valence-electron chi connectivity index (χ0n) is 13.9. The van der Waals surface area contributed by atoms with E-state index in [4.69, 9.17) is 14.4 Å². The predicted molar refractivity (Wildman–Crippen MR) is 89.5 cm³/mol. The Balaban J connectivity index is 1.59. The molecule has 2 N–H and O–H groups in total. The minimum atomic E-state index is -1.10. The van der Waals surface area contributed by atoms with Gasteiger partial charge in [0.2, 0.25) is 5.91 Å². The van der Waals surface area contributed by atoms with Crippen molar-refractivity contribution in [2.24, 2.45) is 0 Å². The molecule has 1 aromatic carbocycles. The van der Waals surface area contributed by atoms with E-state index in [1.54, 1.807) is 13.2 Å². The summed E-state index contributed by atoms with van der Waals surface area (Å²) in [6.07, 6.45) is 2.47. The van der Waals surface area contributed by atoms with Crippen LogP contribution in [0, 0.1) is 0 Å². The highest BCUT2D eigenvalue weighted by molar-refractivity contribution is 5.87. The van der Waals surface area contributed by atoms with Crippen LogP contribution >= 0.6 is 0 Å². The van der Waals surface area contributed by atoms with E-state index in [2.05, 4.69) is 15.6 Å². The molecule has 0 aliphatic rings. The van der Waals surface area contributed by atoms with E-state index < -0.39 is 5.97 Å². The number of carboxylic acids is 1. The molecule has 0 atom stereocenters. The number of nitrogens with one attached hydrogen (secondary N) is 1. The number of carbonyl (C=O) groups excluding carboxylic acids is 1. The van der Waals surface area contributed by atoms with Crippen molar-refractivity contribution in [3.05, 3.63) is 54.0 Å². The van der Waals surface area contributed by atoms with Crippen LogP contribution in [0.4, 0.5) is 0 Å². The topological polar surface area (TPSA) is 119 Å². The first-order valence-corrected chi connectivity index (χ1v) is 7.68. The molecule has 0 bridgehead atoms. The van der Waals surface area contributed by atoms with Gasteiger partial charge in [-0.1, -0.05) is 17.3 Å². The molecule has 134 valence electrons. The zero-order chi connectivity index (χ0) is 18.5. The van der Waals surface area contributed by atoms with Crippen LogP contribution in [0.2, 0.25) is 0 Å². The minimum absolute atomic E-state index is 0.0227. The summed E-state index contributed by atoms with van der Waals surface area (Å²) in [6.45, 7) is 0.0504. The van der Waals surface area contributed by atoms with Gasteiger partial charge < -0.3 is 19.7 Å². The average molecular weight is 356 g/mol. The lowest BCUT2D eigenvalue weighted by Crippen LogP contribution is -2.27. The summed E-state index contributed by atoms with van der Waals surface area (Å²) in [5, 5.41) is 19.3. The molecule has 0 aliphatic carbocycles. The predicted octanol–water partition coefficient (Wildman–Crippen LogP) is 1.56. The Labute approximate surface area is 148 Å². The van der Waals surface area contributed by atoms with Crippen molar-refractivity contribution < 1.29 is 24.0 Å². The highest BCUT2D eigenvalue weighted by Gasteiger charge is 2.13. The van der Waals surface area contributed by atoms with Crippen molar-refractivity contribution in [1.82, 2.24) is 20.3 Å². The molecule has 0 spiro atoms. The molecule has 2 aromatic heterocycles. The number of benzene rings is 1. The van der Waals surface area contributed by atoms with Gasteiger partial charge in [-0.05, 0) is 12.1 Å². The van der Waals surface area contributed by atoms with Gasteiger partial charge in [-0.25, -0.2) is 4.79 Å². The maximum absolute atomic E-state index is 11.9. The van der Waals surface area contributed by atoms with Crippen LogP contribution < -0.4 is 10.1 Å². The van der Waals surface area contributed by atoms with Gasteiger partial charge in [0, 0.05) is 17.8 Å². The number of para-hydroxylation sites is 1. The lowest BCUT2D eigenvalue weighted by atomic mass is 10.1. The Hall–Kier alpha value is -3.62. The highest BCUT2D eigenvalue weighted by atomic mass is 16.5. The largest absolute Gasteiger partial charge is 0.496 e. The van der Waals surface area contributed by atoms with Gasteiger partial charge in [-0.3, -0.25) is 9.48 Å². The number of nitrogens with zero attached hydrogens (tertiary/aromatic N) is 3. The first-order valence-electron chi connectivity index (χ1n) is 7.68. The molecule has 2 heterocycles. The van der Waals surface area contributed by atoms with Crippen LogP contribution in [0.1, 0.15) is 16.1 Å². The van der Waals surface area contributed by atoms with Gasteiger partial charge in [0.15, 0.2) is 5.76 Å². The zero-order valence-corrected chi connectivity index (χ0v) is 13.9. The quantitative estimate of drug-likeness (QED) is 0.659. The third kappa shape index (κ3) is 3.89. The highest BCUT2D eigenvalue weighted by Crippen LogP contribution is 2.28. The Morgan fingerprint density at radius 3 is 2.88 bits per heavy atom. The average Bonchev–Trinajstić information content (AvgIpc) is 3.29. The SMILES string of the molecule is COc1ccccc1-c1cc(CNC(=O)Cn2cc(C(=O)O)cn2)on1. The number of carbonyl (C=O) groups is 2. The summed E-state index contributed by atoms with van der Waals surface area (Å²) in [5.41, 5.74) is 1.41. The molecule has 26 heavy (non-hydrogen) atoms. The van der Waals surface area contributed by atoms with Crippen molar-refractivity contribution in [1.29, 1.82) is 0 Å². The second kappa shape index (κ2) is 7.51. The number of aromatic carboxylic acids is 1. The lowest BCUT2D eigenvalue weighted by molar-refractivity contribution is -0.122. The molecule has 0 unspecified atom stereocenters. The van der Waals surface area contributed by atoms with Crippen LogP contribution in [0.25, 0.3) is 11.3 Å². The fourth-order valence-electron chi connectivity index (χ4n) is 2.33. The van der Waals surface area contributed by atoms with Crippen molar-refractivity contribution in [3.63, 3.8) is 0 Å². The van der Waals surface area contributed by atoms with Crippen LogP contribution in [-0.4, -0.2) is 39.0 Å². The summed E-state index contributed by atoms with van der Waals surface area (Å²) >= 11 is 0. The van der Waals surface area contributed by atoms with E-state index >= 15 is 0 Å². The molecule has 3 aromatic rings. The summed E-state index contributed by atoms with van der Waals surface area (Å²) in [7, 11) is 1.57. The van der Waals surface area contributed by atoms with Crippen LogP contribution in [0.5, 0.6) is 5.75 Å². The third-order valence-electron chi connectivity index (χ3n) is 3.59. The first-order chi connectivity index (χ1) is 12.6. The second-order valence-electron chi connectivity index (χ2n) is 5.39. The molecule has 0 radical (unpaired) electrons. The maximum atomic E-state index is 11.9. The summed E-state index contributed by atoms with van der Waals surface area (Å²) in [6, 6.07) is 9.12. The summed E-state index contributed by atoms with van der Waals surface area (Å²) in [4.78, 5) is 22.7. The van der Waals surface area contributed by atoms with Crippen LogP contribution in [0.3, 0.4) is 0 Å². The van der Waals surface area contributed by atoms with Gasteiger partial charge in [0.25, 0.3) is 0 Å². The Kier molecular flexibility index (Phi) is 4.97. The molecule has 9 heteroatoms. The molecule has 0 fully saturated rings. The Morgan fingerprint density at radius 1 is 1.35 bits per heavy atom. The number of ether oxygens (including phenoxy) is 1. The number of hydrogen-bond acceptors (Lipinski definition) is 6. The standard InChI is InChI=1S/C17H16N4O5/c1-25-15-5-3-2-4-13(15)14-6-12(26-20-14)8-18-16(22)10-21-9-11(7-19-21)17(23)24/h2-7,9H,8,10H2,1H3,(H,18,22)(H,23,24). The third-order valence-corrected chi connectivity index (χ3v) is 3.59. The number of aromatic nitrogens is 3. The van der Waals surface area contributed by atoms with E-state index in [0.717, 1.165) is 5.56 Å².